The Hall–Kier alpha value is -0.860. The molecule has 110 valence electrons. The van der Waals surface area contributed by atoms with Crippen LogP contribution in [-0.4, -0.2) is 15.4 Å². The Bertz CT molecular complexity index is 282. The minimum Gasteiger partial charge on any atom is -0.198 e. The van der Waals surface area contributed by atoms with Crippen LogP contribution in [0.5, 0.6) is 0 Å². The molecule has 1 aromatic rings. The molecule has 3 heteroatoms. The average Bonchev–Trinajstić information content (AvgIpc) is 2.95. The van der Waals surface area contributed by atoms with Gasteiger partial charge in [0, 0.05) is 5.92 Å². The summed E-state index contributed by atoms with van der Waals surface area (Å²) in [5.74, 6) is 0.600. The summed E-state index contributed by atoms with van der Waals surface area (Å²) in [6, 6.07) is 0. The summed E-state index contributed by atoms with van der Waals surface area (Å²) in [6.45, 7) is 4.52. The van der Waals surface area contributed by atoms with Crippen LogP contribution in [0.3, 0.4) is 0 Å². The van der Waals surface area contributed by atoms with E-state index in [-0.39, 0.29) is 0 Å². The van der Waals surface area contributed by atoms with E-state index in [1.54, 1.807) is 0 Å². The maximum atomic E-state index is 4.21. The van der Waals surface area contributed by atoms with Gasteiger partial charge in [-0.15, -0.1) is 0 Å². The molecular weight excluding hydrogens is 234 g/mol. The first-order valence-corrected chi connectivity index (χ1v) is 8.24. The molecule has 1 aromatic heterocycles. The minimum atomic E-state index is 0.600. The highest BCUT2D eigenvalue weighted by Crippen LogP contribution is 2.23. The Kier molecular flexibility index (Phi) is 9.38. The van der Waals surface area contributed by atoms with E-state index in [0.717, 1.165) is 5.69 Å². The quantitative estimate of drug-likeness (QED) is 0.526. The lowest BCUT2D eigenvalue weighted by molar-refractivity contribution is 0.513. The molecule has 1 atom stereocenters. The molecule has 19 heavy (non-hydrogen) atoms. The number of aromatic amines is 1. The van der Waals surface area contributed by atoms with Crippen molar-refractivity contribution in [1.29, 1.82) is 0 Å². The summed E-state index contributed by atoms with van der Waals surface area (Å²) >= 11 is 0. The largest absolute Gasteiger partial charge is 0.198 e. The lowest BCUT2D eigenvalue weighted by Crippen LogP contribution is -1.98. The number of hydrogen-bond acceptors (Lipinski definition) is 2. The lowest BCUT2D eigenvalue weighted by Gasteiger charge is -2.11. The smallest absolute Gasteiger partial charge is 0.0855 e. The number of nitrogens with one attached hydrogen (secondary N) is 1. The number of aromatic nitrogens is 3. The van der Waals surface area contributed by atoms with Gasteiger partial charge in [0.15, 0.2) is 0 Å². The number of rotatable bonds is 12. The Morgan fingerprint density at radius 2 is 1.58 bits per heavy atom. The molecule has 3 nitrogen and oxygen atoms in total. The van der Waals surface area contributed by atoms with Crippen molar-refractivity contribution in [2.75, 3.05) is 0 Å². The Morgan fingerprint density at radius 1 is 0.947 bits per heavy atom. The van der Waals surface area contributed by atoms with Crippen molar-refractivity contribution < 1.29 is 0 Å². The highest BCUT2D eigenvalue weighted by Gasteiger charge is 2.11. The molecule has 0 amide bonds. The van der Waals surface area contributed by atoms with Crippen molar-refractivity contribution >= 4 is 0 Å². The third-order valence-electron chi connectivity index (χ3n) is 4.00. The Labute approximate surface area is 118 Å². The highest BCUT2D eigenvalue weighted by molar-refractivity contribution is 4.99. The molecule has 0 saturated heterocycles. The van der Waals surface area contributed by atoms with Crippen LogP contribution in [-0.2, 0) is 0 Å². The van der Waals surface area contributed by atoms with E-state index in [2.05, 4.69) is 29.3 Å². The predicted molar refractivity (Wildman–Crippen MR) is 81.3 cm³/mol. The Morgan fingerprint density at radius 3 is 2.11 bits per heavy atom. The van der Waals surface area contributed by atoms with Gasteiger partial charge in [0.1, 0.15) is 0 Å². The van der Waals surface area contributed by atoms with Crippen molar-refractivity contribution in [3.63, 3.8) is 0 Å². The first kappa shape index (κ1) is 16.2. The number of hydrogen-bond donors (Lipinski definition) is 1. The summed E-state index contributed by atoms with van der Waals surface area (Å²) in [5, 5.41) is 10.8. The van der Waals surface area contributed by atoms with Crippen LogP contribution >= 0.6 is 0 Å². The first-order chi connectivity index (χ1) is 9.38. The second-order valence-electron chi connectivity index (χ2n) is 5.62. The molecule has 0 saturated carbocycles. The van der Waals surface area contributed by atoms with Gasteiger partial charge in [-0.3, -0.25) is 0 Å². The molecule has 1 unspecified atom stereocenters. The van der Waals surface area contributed by atoms with E-state index < -0.39 is 0 Å². The van der Waals surface area contributed by atoms with Crippen molar-refractivity contribution in [1.82, 2.24) is 15.4 Å². The average molecular weight is 265 g/mol. The number of nitrogens with zero attached hydrogens (tertiary/aromatic N) is 2. The maximum absolute atomic E-state index is 4.21. The van der Waals surface area contributed by atoms with Gasteiger partial charge in [-0.2, -0.15) is 15.4 Å². The third-order valence-corrected chi connectivity index (χ3v) is 4.00. The van der Waals surface area contributed by atoms with E-state index >= 15 is 0 Å². The summed E-state index contributed by atoms with van der Waals surface area (Å²) in [7, 11) is 0. The third kappa shape index (κ3) is 7.34. The zero-order valence-electron chi connectivity index (χ0n) is 12.8. The van der Waals surface area contributed by atoms with E-state index in [1.165, 1.54) is 70.6 Å². The topological polar surface area (TPSA) is 41.6 Å². The summed E-state index contributed by atoms with van der Waals surface area (Å²) in [4.78, 5) is 0. The Balaban J connectivity index is 1.95. The molecule has 1 N–H and O–H groups in total. The van der Waals surface area contributed by atoms with E-state index in [1.807, 2.05) is 6.20 Å². The summed E-state index contributed by atoms with van der Waals surface area (Å²) in [5.41, 5.74) is 1.14. The molecule has 0 aromatic carbocycles. The lowest BCUT2D eigenvalue weighted by atomic mass is 9.95. The van der Waals surface area contributed by atoms with Crippen LogP contribution in [0.25, 0.3) is 0 Å². The van der Waals surface area contributed by atoms with Gasteiger partial charge in [-0.25, -0.2) is 0 Å². The maximum Gasteiger partial charge on any atom is 0.0855 e. The van der Waals surface area contributed by atoms with Gasteiger partial charge in [-0.05, 0) is 12.8 Å². The van der Waals surface area contributed by atoms with Crippen LogP contribution in [0.2, 0.25) is 0 Å². The van der Waals surface area contributed by atoms with Gasteiger partial charge >= 0.3 is 0 Å². The SMILES string of the molecule is CCCCCCCCCCCC(CC)c1cn[nH]n1. The molecule has 0 fully saturated rings. The minimum absolute atomic E-state index is 0.600. The second kappa shape index (κ2) is 11.0. The monoisotopic (exact) mass is 265 g/mol. The van der Waals surface area contributed by atoms with Gasteiger partial charge in [-0.1, -0.05) is 71.6 Å². The number of H-pyrrole nitrogens is 1. The normalized spacial score (nSPS) is 12.7. The molecule has 1 rings (SSSR count). The van der Waals surface area contributed by atoms with Crippen molar-refractivity contribution in [2.24, 2.45) is 0 Å². The molecule has 1 heterocycles. The van der Waals surface area contributed by atoms with Gasteiger partial charge in [0.05, 0.1) is 11.9 Å². The first-order valence-electron chi connectivity index (χ1n) is 8.24. The van der Waals surface area contributed by atoms with E-state index in [9.17, 15) is 0 Å². The molecule has 0 aliphatic rings. The van der Waals surface area contributed by atoms with Gasteiger partial charge in [0.25, 0.3) is 0 Å². The fraction of sp³-hybridized carbons (Fsp3) is 0.875. The van der Waals surface area contributed by atoms with Crippen molar-refractivity contribution in [3.05, 3.63) is 11.9 Å². The highest BCUT2D eigenvalue weighted by atomic mass is 15.3. The molecule has 0 radical (unpaired) electrons. The zero-order valence-corrected chi connectivity index (χ0v) is 12.8. The van der Waals surface area contributed by atoms with Gasteiger partial charge in [0.2, 0.25) is 0 Å². The molecular formula is C16H31N3. The standard InChI is InChI=1S/C16H31N3/c1-3-5-6-7-8-9-10-11-12-13-15(4-2)16-14-17-19-18-16/h14-15H,3-13H2,1-2H3,(H,17,18,19). The summed E-state index contributed by atoms with van der Waals surface area (Å²) < 4.78 is 0. The predicted octanol–water partition coefficient (Wildman–Crippen LogP) is 5.22. The van der Waals surface area contributed by atoms with Crippen LogP contribution in [0, 0.1) is 0 Å². The molecule has 0 aliphatic carbocycles. The van der Waals surface area contributed by atoms with Crippen LogP contribution in [0.15, 0.2) is 6.20 Å². The fourth-order valence-corrected chi connectivity index (χ4v) is 2.67. The van der Waals surface area contributed by atoms with E-state index in [0.29, 0.717) is 5.92 Å². The van der Waals surface area contributed by atoms with Crippen LogP contribution in [0.1, 0.15) is 96.1 Å². The van der Waals surface area contributed by atoms with Crippen LogP contribution in [0.4, 0.5) is 0 Å². The zero-order chi connectivity index (χ0) is 13.8. The van der Waals surface area contributed by atoms with Crippen molar-refractivity contribution in [3.8, 4) is 0 Å². The van der Waals surface area contributed by atoms with Crippen molar-refractivity contribution in [2.45, 2.75) is 90.4 Å². The molecule has 0 bridgehead atoms. The van der Waals surface area contributed by atoms with E-state index in [4.69, 9.17) is 0 Å². The molecule has 0 spiro atoms. The van der Waals surface area contributed by atoms with Gasteiger partial charge < -0.3 is 0 Å². The second-order valence-corrected chi connectivity index (χ2v) is 5.62. The fourth-order valence-electron chi connectivity index (χ4n) is 2.67. The molecule has 0 aliphatic heterocycles. The number of unbranched alkanes of at least 4 members (excludes halogenated alkanes) is 8. The summed E-state index contributed by atoms with van der Waals surface area (Å²) in [6.07, 6.45) is 16.9. The van der Waals surface area contributed by atoms with Crippen LogP contribution < -0.4 is 0 Å².